The van der Waals surface area contributed by atoms with E-state index < -0.39 is 11.7 Å². The van der Waals surface area contributed by atoms with Crippen LogP contribution in [0.4, 0.5) is 5.69 Å². The van der Waals surface area contributed by atoms with Gasteiger partial charge in [-0.2, -0.15) is 0 Å². The molecule has 1 aliphatic heterocycles. The Morgan fingerprint density at radius 2 is 1.95 bits per heavy atom. The number of amides is 1. The number of halogens is 1. The molecule has 2 heterocycles. The Morgan fingerprint density at radius 3 is 2.74 bits per heavy atom. The van der Waals surface area contributed by atoms with Crippen LogP contribution in [0, 0.1) is 0 Å². The van der Waals surface area contributed by atoms with Crippen molar-refractivity contribution in [2.24, 2.45) is 0 Å². The number of hydrogen-bond donors (Lipinski definition) is 0. The van der Waals surface area contributed by atoms with E-state index in [1.54, 1.807) is 30.6 Å². The van der Waals surface area contributed by atoms with Crippen LogP contribution < -0.4 is 4.90 Å². The van der Waals surface area contributed by atoms with Crippen molar-refractivity contribution in [1.29, 1.82) is 0 Å². The summed E-state index contributed by atoms with van der Waals surface area (Å²) in [6, 6.07) is 8.91. The van der Waals surface area contributed by atoms with Gasteiger partial charge in [-0.3, -0.25) is 14.6 Å². The van der Waals surface area contributed by atoms with E-state index in [-0.39, 0.29) is 0 Å². The third-order valence-corrected chi connectivity index (χ3v) is 3.41. The summed E-state index contributed by atoms with van der Waals surface area (Å²) in [4.78, 5) is 29.4. The van der Waals surface area contributed by atoms with E-state index in [0.717, 1.165) is 10.0 Å². The summed E-state index contributed by atoms with van der Waals surface area (Å²) in [6.07, 6.45) is 3.36. The van der Waals surface area contributed by atoms with Crippen LogP contribution >= 0.6 is 15.9 Å². The predicted octanol–water partition coefficient (Wildman–Crippen LogP) is 2.57. The number of hydrogen-bond acceptors (Lipinski definition) is 3. The zero-order valence-corrected chi connectivity index (χ0v) is 11.4. The number of para-hydroxylation sites is 1. The van der Waals surface area contributed by atoms with Crippen molar-refractivity contribution in [3.63, 3.8) is 0 Å². The molecule has 5 heteroatoms. The van der Waals surface area contributed by atoms with Crippen LogP contribution in [-0.4, -0.2) is 16.7 Å². The summed E-state index contributed by atoms with van der Waals surface area (Å²) in [5.74, 6) is -0.931. The lowest BCUT2D eigenvalue weighted by molar-refractivity contribution is -0.114. The number of Topliss-reactive ketones (excluding diaryl/α,β-unsaturated/α-hetero) is 1. The minimum Gasteiger partial charge on any atom is -0.300 e. The molecule has 0 saturated carbocycles. The van der Waals surface area contributed by atoms with E-state index in [1.165, 1.54) is 4.90 Å². The molecule has 19 heavy (non-hydrogen) atoms. The first-order valence-corrected chi connectivity index (χ1v) is 6.51. The average molecular weight is 317 g/mol. The second-order valence-corrected chi connectivity index (χ2v) is 5.16. The first kappa shape index (κ1) is 12.0. The highest BCUT2D eigenvalue weighted by atomic mass is 79.9. The van der Waals surface area contributed by atoms with E-state index in [2.05, 4.69) is 20.9 Å². The van der Waals surface area contributed by atoms with Crippen LogP contribution in [-0.2, 0) is 11.3 Å². The normalized spacial score (nSPS) is 13.8. The molecule has 3 rings (SSSR count). The van der Waals surface area contributed by atoms with E-state index in [0.29, 0.717) is 17.8 Å². The van der Waals surface area contributed by atoms with Gasteiger partial charge in [0.15, 0.2) is 0 Å². The number of anilines is 1. The molecular weight excluding hydrogens is 308 g/mol. The van der Waals surface area contributed by atoms with Crippen molar-refractivity contribution in [2.75, 3.05) is 4.90 Å². The molecule has 1 aromatic heterocycles. The second kappa shape index (κ2) is 4.59. The maximum Gasteiger partial charge on any atom is 0.299 e. The highest BCUT2D eigenvalue weighted by molar-refractivity contribution is 9.10. The van der Waals surface area contributed by atoms with Crippen LogP contribution in [0.25, 0.3) is 0 Å². The number of carbonyl (C=O) groups is 2. The van der Waals surface area contributed by atoms with Gasteiger partial charge in [0, 0.05) is 16.9 Å². The predicted molar refractivity (Wildman–Crippen MR) is 73.9 cm³/mol. The molecule has 0 unspecified atom stereocenters. The number of aromatic nitrogens is 1. The minimum absolute atomic E-state index is 0.341. The Kier molecular flexibility index (Phi) is 2.91. The van der Waals surface area contributed by atoms with Gasteiger partial charge in [0.1, 0.15) is 0 Å². The molecule has 1 aliphatic rings. The van der Waals surface area contributed by atoms with Gasteiger partial charge in [-0.1, -0.05) is 12.1 Å². The van der Waals surface area contributed by atoms with Gasteiger partial charge in [-0.15, -0.1) is 0 Å². The monoisotopic (exact) mass is 316 g/mol. The van der Waals surface area contributed by atoms with E-state index in [1.807, 2.05) is 12.1 Å². The van der Waals surface area contributed by atoms with Crippen molar-refractivity contribution in [2.45, 2.75) is 6.54 Å². The van der Waals surface area contributed by atoms with Crippen molar-refractivity contribution in [3.8, 4) is 0 Å². The third-order valence-electron chi connectivity index (χ3n) is 2.98. The highest BCUT2D eigenvalue weighted by Crippen LogP contribution is 2.30. The fourth-order valence-electron chi connectivity index (χ4n) is 2.13. The SMILES string of the molecule is O=C1C(=O)N(Cc2cncc(Br)c2)c2ccccc21. The lowest BCUT2D eigenvalue weighted by Crippen LogP contribution is -2.29. The Hall–Kier alpha value is -2.01. The maximum absolute atomic E-state index is 12.0. The molecular formula is C14H9BrN2O2. The van der Waals surface area contributed by atoms with Crippen molar-refractivity contribution >= 4 is 33.3 Å². The summed E-state index contributed by atoms with van der Waals surface area (Å²) in [5.41, 5.74) is 2.00. The molecule has 0 saturated heterocycles. The van der Waals surface area contributed by atoms with E-state index in [9.17, 15) is 9.59 Å². The topological polar surface area (TPSA) is 50.3 Å². The summed E-state index contributed by atoms with van der Waals surface area (Å²) in [7, 11) is 0. The molecule has 1 amide bonds. The fourth-order valence-corrected chi connectivity index (χ4v) is 2.54. The Morgan fingerprint density at radius 1 is 1.16 bits per heavy atom. The lowest BCUT2D eigenvalue weighted by Gasteiger charge is -2.16. The summed E-state index contributed by atoms with van der Waals surface area (Å²) in [6.45, 7) is 0.341. The molecule has 0 fully saturated rings. The molecule has 4 nitrogen and oxygen atoms in total. The molecule has 0 aliphatic carbocycles. The van der Waals surface area contributed by atoms with Crippen LogP contribution in [0.15, 0.2) is 47.2 Å². The first-order chi connectivity index (χ1) is 9.16. The summed E-state index contributed by atoms with van der Waals surface area (Å²) < 4.78 is 0.844. The standard InChI is InChI=1S/C14H9BrN2O2/c15-10-5-9(6-16-7-10)8-17-12-4-2-1-3-11(12)13(18)14(17)19/h1-7H,8H2. The fraction of sp³-hybridized carbons (Fsp3) is 0.0714. The Balaban J connectivity index is 1.98. The number of fused-ring (bicyclic) bond motifs is 1. The number of ketones is 1. The van der Waals surface area contributed by atoms with Gasteiger partial charge in [-0.25, -0.2) is 0 Å². The van der Waals surface area contributed by atoms with Gasteiger partial charge >= 0.3 is 0 Å². The molecule has 94 valence electrons. The number of rotatable bonds is 2. The van der Waals surface area contributed by atoms with Crippen LogP contribution in [0.5, 0.6) is 0 Å². The van der Waals surface area contributed by atoms with Gasteiger partial charge in [0.25, 0.3) is 11.7 Å². The molecule has 0 spiro atoms. The second-order valence-electron chi connectivity index (χ2n) is 4.25. The molecule has 0 atom stereocenters. The smallest absolute Gasteiger partial charge is 0.299 e. The van der Waals surface area contributed by atoms with Crippen molar-refractivity contribution in [3.05, 3.63) is 58.3 Å². The maximum atomic E-state index is 12.0. The van der Waals surface area contributed by atoms with Crippen molar-refractivity contribution < 1.29 is 9.59 Å². The zero-order chi connectivity index (χ0) is 13.4. The first-order valence-electron chi connectivity index (χ1n) is 5.71. The average Bonchev–Trinajstić information content (AvgIpc) is 2.65. The number of carbonyl (C=O) groups excluding carboxylic acids is 2. The van der Waals surface area contributed by atoms with Crippen LogP contribution in [0.3, 0.4) is 0 Å². The number of benzene rings is 1. The van der Waals surface area contributed by atoms with E-state index in [4.69, 9.17) is 0 Å². The Bertz CT molecular complexity index is 685. The third kappa shape index (κ3) is 2.06. The highest BCUT2D eigenvalue weighted by Gasteiger charge is 2.35. The zero-order valence-electron chi connectivity index (χ0n) is 9.84. The van der Waals surface area contributed by atoms with Crippen molar-refractivity contribution in [1.82, 2.24) is 4.98 Å². The lowest BCUT2D eigenvalue weighted by atomic mass is 10.1. The van der Waals surface area contributed by atoms with E-state index >= 15 is 0 Å². The van der Waals surface area contributed by atoms with Gasteiger partial charge in [0.05, 0.1) is 17.8 Å². The van der Waals surface area contributed by atoms with Crippen LogP contribution in [0.2, 0.25) is 0 Å². The summed E-state index contributed by atoms with van der Waals surface area (Å²) in [5, 5.41) is 0. The quantitative estimate of drug-likeness (QED) is 0.800. The number of pyridine rings is 1. The largest absolute Gasteiger partial charge is 0.300 e. The minimum atomic E-state index is -0.485. The van der Waals surface area contributed by atoms with Gasteiger partial charge in [-0.05, 0) is 39.7 Å². The van der Waals surface area contributed by atoms with Gasteiger partial charge < -0.3 is 4.90 Å². The molecule has 1 aromatic carbocycles. The molecule has 2 aromatic rings. The summed E-state index contributed by atoms with van der Waals surface area (Å²) >= 11 is 3.34. The molecule has 0 N–H and O–H groups in total. The van der Waals surface area contributed by atoms with Crippen LogP contribution in [0.1, 0.15) is 15.9 Å². The number of nitrogens with zero attached hydrogens (tertiary/aromatic N) is 2. The van der Waals surface area contributed by atoms with Gasteiger partial charge in [0.2, 0.25) is 0 Å². The molecule has 0 radical (unpaired) electrons. The molecule has 0 bridgehead atoms. The Labute approximate surface area is 118 Å².